The minimum absolute atomic E-state index is 0.510. The van der Waals surface area contributed by atoms with Crippen LogP contribution in [0.3, 0.4) is 0 Å². The molecular formula is C13H25NO3. The first-order chi connectivity index (χ1) is 8.14. The number of carboxylic acids is 1. The van der Waals surface area contributed by atoms with Crippen molar-refractivity contribution in [3.8, 4) is 0 Å². The van der Waals surface area contributed by atoms with Crippen molar-refractivity contribution in [1.29, 1.82) is 0 Å². The van der Waals surface area contributed by atoms with Crippen LogP contribution in [0.4, 0.5) is 0 Å². The fourth-order valence-electron chi connectivity index (χ4n) is 2.57. The van der Waals surface area contributed by atoms with Gasteiger partial charge in [-0.25, -0.2) is 0 Å². The summed E-state index contributed by atoms with van der Waals surface area (Å²) in [4.78, 5) is 13.7. The Bertz CT molecular complexity index is 245. The Morgan fingerprint density at radius 2 is 2.24 bits per heavy atom. The van der Waals surface area contributed by atoms with Crippen LogP contribution in [0.2, 0.25) is 0 Å². The third kappa shape index (κ3) is 3.96. The fraction of sp³-hybridized carbons (Fsp3) is 0.923. The Morgan fingerprint density at radius 1 is 1.47 bits per heavy atom. The lowest BCUT2D eigenvalue weighted by Gasteiger charge is -2.39. The number of piperidine rings is 1. The van der Waals surface area contributed by atoms with E-state index in [0.29, 0.717) is 6.54 Å². The topological polar surface area (TPSA) is 49.8 Å². The number of rotatable bonds is 7. The summed E-state index contributed by atoms with van der Waals surface area (Å²) in [5.41, 5.74) is -0.510. The van der Waals surface area contributed by atoms with Crippen molar-refractivity contribution in [1.82, 2.24) is 4.90 Å². The van der Waals surface area contributed by atoms with Crippen LogP contribution in [0, 0.1) is 5.41 Å². The summed E-state index contributed by atoms with van der Waals surface area (Å²) >= 11 is 0. The highest BCUT2D eigenvalue weighted by molar-refractivity contribution is 5.75. The van der Waals surface area contributed by atoms with E-state index in [1.54, 1.807) is 0 Å². The second-order valence-corrected chi connectivity index (χ2v) is 4.87. The smallest absolute Gasteiger partial charge is 0.310 e. The third-order valence-electron chi connectivity index (χ3n) is 3.75. The lowest BCUT2D eigenvalue weighted by Crippen LogP contribution is -2.47. The molecule has 4 nitrogen and oxygen atoms in total. The molecule has 0 aromatic rings. The van der Waals surface area contributed by atoms with Crippen LogP contribution in [-0.2, 0) is 9.53 Å². The van der Waals surface area contributed by atoms with E-state index in [4.69, 9.17) is 4.74 Å². The highest BCUT2D eigenvalue weighted by Gasteiger charge is 2.40. The molecule has 1 heterocycles. The second kappa shape index (κ2) is 6.97. The summed E-state index contributed by atoms with van der Waals surface area (Å²) in [6.07, 6.45) is 3.53. The summed E-state index contributed by atoms with van der Waals surface area (Å²) in [5, 5.41) is 9.36. The van der Waals surface area contributed by atoms with Gasteiger partial charge < -0.3 is 14.7 Å². The molecule has 0 amide bonds. The van der Waals surface area contributed by atoms with Crippen LogP contribution in [0.15, 0.2) is 0 Å². The van der Waals surface area contributed by atoms with E-state index in [9.17, 15) is 9.90 Å². The number of carbonyl (C=O) groups is 1. The van der Waals surface area contributed by atoms with E-state index in [-0.39, 0.29) is 0 Å². The van der Waals surface area contributed by atoms with Gasteiger partial charge in [-0.2, -0.15) is 0 Å². The molecule has 1 rings (SSSR count). The van der Waals surface area contributed by atoms with Crippen molar-refractivity contribution in [3.63, 3.8) is 0 Å². The van der Waals surface area contributed by atoms with Gasteiger partial charge in [0.1, 0.15) is 0 Å². The number of aliphatic carboxylic acids is 1. The molecule has 1 N–H and O–H groups in total. The van der Waals surface area contributed by atoms with Crippen molar-refractivity contribution < 1.29 is 14.6 Å². The summed E-state index contributed by atoms with van der Waals surface area (Å²) in [6.45, 7) is 8.19. The number of ether oxygens (including phenoxy) is 1. The molecule has 0 radical (unpaired) electrons. The van der Waals surface area contributed by atoms with Gasteiger partial charge in [0.05, 0.1) is 5.41 Å². The minimum atomic E-state index is -0.630. The van der Waals surface area contributed by atoms with Crippen LogP contribution in [0.25, 0.3) is 0 Å². The van der Waals surface area contributed by atoms with Crippen LogP contribution < -0.4 is 0 Å². The lowest BCUT2D eigenvalue weighted by atomic mass is 9.77. The Labute approximate surface area is 104 Å². The molecule has 100 valence electrons. The molecule has 1 fully saturated rings. The van der Waals surface area contributed by atoms with Gasteiger partial charge in [0, 0.05) is 26.3 Å². The molecule has 1 aliphatic rings. The van der Waals surface area contributed by atoms with Gasteiger partial charge in [-0.15, -0.1) is 0 Å². The van der Waals surface area contributed by atoms with Crippen LogP contribution in [0.5, 0.6) is 0 Å². The van der Waals surface area contributed by atoms with Gasteiger partial charge in [0.15, 0.2) is 0 Å². The van der Waals surface area contributed by atoms with E-state index in [2.05, 4.69) is 4.90 Å². The van der Waals surface area contributed by atoms with Crippen molar-refractivity contribution >= 4 is 5.97 Å². The predicted octanol–water partition coefficient (Wildman–Crippen LogP) is 1.99. The first kappa shape index (κ1) is 14.5. The lowest BCUT2D eigenvalue weighted by molar-refractivity contribution is -0.153. The molecule has 1 saturated heterocycles. The maximum atomic E-state index is 11.4. The summed E-state index contributed by atoms with van der Waals surface area (Å²) < 4.78 is 5.31. The van der Waals surface area contributed by atoms with E-state index in [0.717, 1.165) is 52.0 Å². The van der Waals surface area contributed by atoms with Crippen molar-refractivity contribution in [2.45, 2.75) is 39.5 Å². The van der Waals surface area contributed by atoms with Crippen LogP contribution >= 0.6 is 0 Å². The average Bonchev–Trinajstić information content (AvgIpc) is 2.34. The molecule has 1 atom stereocenters. The van der Waals surface area contributed by atoms with Crippen LogP contribution in [0.1, 0.15) is 39.5 Å². The molecule has 17 heavy (non-hydrogen) atoms. The quantitative estimate of drug-likeness (QED) is 0.695. The monoisotopic (exact) mass is 243 g/mol. The molecule has 4 heteroatoms. The van der Waals surface area contributed by atoms with Gasteiger partial charge in [-0.1, -0.05) is 6.92 Å². The standard InChI is InChI=1S/C13H25NO3/c1-3-13(12(15)16)7-5-8-14(11-13)9-6-10-17-4-2/h3-11H2,1-2H3,(H,15,16). The molecule has 0 aromatic heterocycles. The molecule has 0 aromatic carbocycles. The number of nitrogens with zero attached hydrogens (tertiary/aromatic N) is 1. The van der Waals surface area contributed by atoms with E-state index < -0.39 is 11.4 Å². The van der Waals surface area contributed by atoms with Gasteiger partial charge >= 0.3 is 5.97 Å². The second-order valence-electron chi connectivity index (χ2n) is 4.87. The average molecular weight is 243 g/mol. The molecular weight excluding hydrogens is 218 g/mol. The number of hydrogen-bond acceptors (Lipinski definition) is 3. The van der Waals surface area contributed by atoms with E-state index in [1.807, 2.05) is 13.8 Å². The van der Waals surface area contributed by atoms with Gasteiger partial charge in [0.25, 0.3) is 0 Å². The Hall–Kier alpha value is -0.610. The summed E-state index contributed by atoms with van der Waals surface area (Å²) in [7, 11) is 0. The predicted molar refractivity (Wildman–Crippen MR) is 67.1 cm³/mol. The van der Waals surface area contributed by atoms with Crippen molar-refractivity contribution in [2.75, 3.05) is 32.8 Å². The van der Waals surface area contributed by atoms with Crippen molar-refractivity contribution in [2.24, 2.45) is 5.41 Å². The zero-order valence-corrected chi connectivity index (χ0v) is 11.1. The fourth-order valence-corrected chi connectivity index (χ4v) is 2.57. The zero-order valence-electron chi connectivity index (χ0n) is 11.1. The molecule has 0 spiro atoms. The molecule has 0 bridgehead atoms. The number of carboxylic acid groups (broad SMARTS) is 1. The zero-order chi connectivity index (χ0) is 12.7. The maximum absolute atomic E-state index is 11.4. The minimum Gasteiger partial charge on any atom is -0.481 e. The van der Waals surface area contributed by atoms with E-state index >= 15 is 0 Å². The first-order valence-electron chi connectivity index (χ1n) is 6.68. The SMILES string of the molecule is CCOCCCN1CCCC(CC)(C(=O)O)C1. The molecule has 1 unspecified atom stereocenters. The third-order valence-corrected chi connectivity index (χ3v) is 3.75. The van der Waals surface area contributed by atoms with Gasteiger partial charge in [-0.3, -0.25) is 4.79 Å². The summed E-state index contributed by atoms with van der Waals surface area (Å²) in [5.74, 6) is -0.630. The highest BCUT2D eigenvalue weighted by Crippen LogP contribution is 2.33. The van der Waals surface area contributed by atoms with Gasteiger partial charge in [-0.05, 0) is 39.2 Å². The first-order valence-corrected chi connectivity index (χ1v) is 6.68. The Balaban J connectivity index is 2.40. The van der Waals surface area contributed by atoms with Crippen LogP contribution in [-0.4, -0.2) is 48.8 Å². The summed E-state index contributed by atoms with van der Waals surface area (Å²) in [6, 6.07) is 0. The Kier molecular flexibility index (Phi) is 5.92. The Morgan fingerprint density at radius 3 is 2.82 bits per heavy atom. The molecule has 0 aliphatic carbocycles. The number of hydrogen-bond donors (Lipinski definition) is 1. The van der Waals surface area contributed by atoms with Crippen molar-refractivity contribution in [3.05, 3.63) is 0 Å². The maximum Gasteiger partial charge on any atom is 0.310 e. The normalized spacial score (nSPS) is 26.0. The molecule has 1 aliphatic heterocycles. The molecule has 0 saturated carbocycles. The largest absolute Gasteiger partial charge is 0.481 e. The van der Waals surface area contributed by atoms with E-state index in [1.165, 1.54) is 0 Å². The highest BCUT2D eigenvalue weighted by atomic mass is 16.5. The number of likely N-dealkylation sites (tertiary alicyclic amines) is 1. The van der Waals surface area contributed by atoms with Gasteiger partial charge in [0.2, 0.25) is 0 Å².